The van der Waals surface area contributed by atoms with Crippen molar-refractivity contribution in [3.05, 3.63) is 95.7 Å². The fourth-order valence-corrected chi connectivity index (χ4v) is 4.51. The van der Waals surface area contributed by atoms with Crippen LogP contribution < -0.4 is 0 Å². The molecule has 164 valence electrons. The molecule has 0 spiro atoms. The second kappa shape index (κ2) is 9.23. The maximum absolute atomic E-state index is 13.3. The highest BCUT2D eigenvalue weighted by atomic mass is 16.2. The Bertz CT molecular complexity index is 1280. The maximum atomic E-state index is 13.3. The number of pyridine rings is 1. The molecule has 1 N–H and O–H groups in total. The van der Waals surface area contributed by atoms with Crippen LogP contribution in [-0.2, 0) is 6.42 Å². The number of piperazine rings is 1. The van der Waals surface area contributed by atoms with Gasteiger partial charge in [-0.05, 0) is 36.2 Å². The van der Waals surface area contributed by atoms with Crippen molar-refractivity contribution in [3.8, 4) is 6.07 Å². The third kappa shape index (κ3) is 4.34. The maximum Gasteiger partial charge on any atom is 0.256 e. The number of aromatic nitrogens is 3. The van der Waals surface area contributed by atoms with Gasteiger partial charge in [-0.25, -0.2) is 4.98 Å². The van der Waals surface area contributed by atoms with Gasteiger partial charge in [-0.2, -0.15) is 5.26 Å². The lowest BCUT2D eigenvalue weighted by Crippen LogP contribution is -2.50. The third-order valence-electron chi connectivity index (χ3n) is 6.30. The molecule has 1 atom stereocenters. The monoisotopic (exact) mass is 436 g/mol. The number of para-hydroxylation sites is 1. The molecule has 1 fully saturated rings. The van der Waals surface area contributed by atoms with Gasteiger partial charge in [-0.3, -0.25) is 14.7 Å². The van der Waals surface area contributed by atoms with Gasteiger partial charge in [0.1, 0.15) is 0 Å². The number of nitriles is 1. The highest BCUT2D eigenvalue weighted by Gasteiger charge is 2.29. The topological polar surface area (TPSA) is 88.9 Å². The summed E-state index contributed by atoms with van der Waals surface area (Å²) in [6, 6.07) is 19.7. The number of rotatable bonds is 5. The van der Waals surface area contributed by atoms with Crippen LogP contribution in [0.3, 0.4) is 0 Å². The fourth-order valence-electron chi connectivity index (χ4n) is 4.51. The molecule has 3 heterocycles. The minimum Gasteiger partial charge on any atom is -0.347 e. The van der Waals surface area contributed by atoms with E-state index in [9.17, 15) is 4.79 Å². The first-order valence-electron chi connectivity index (χ1n) is 11.1. The zero-order chi connectivity index (χ0) is 22.6. The van der Waals surface area contributed by atoms with E-state index < -0.39 is 0 Å². The third-order valence-corrected chi connectivity index (χ3v) is 6.30. The smallest absolute Gasteiger partial charge is 0.256 e. The average molecular weight is 437 g/mol. The van der Waals surface area contributed by atoms with Crippen molar-refractivity contribution >= 4 is 16.8 Å². The van der Waals surface area contributed by atoms with Gasteiger partial charge in [-0.1, -0.05) is 30.3 Å². The average Bonchev–Trinajstić information content (AvgIpc) is 3.42. The first-order chi connectivity index (χ1) is 16.2. The van der Waals surface area contributed by atoms with Crippen molar-refractivity contribution in [1.29, 1.82) is 5.26 Å². The van der Waals surface area contributed by atoms with Gasteiger partial charge in [0.05, 0.1) is 40.8 Å². The largest absolute Gasteiger partial charge is 0.347 e. The summed E-state index contributed by atoms with van der Waals surface area (Å²) in [7, 11) is 0. The molecule has 1 aliphatic heterocycles. The molecule has 0 radical (unpaired) electrons. The predicted molar refractivity (Wildman–Crippen MR) is 125 cm³/mol. The van der Waals surface area contributed by atoms with E-state index in [2.05, 4.69) is 25.9 Å². The highest BCUT2D eigenvalue weighted by molar-refractivity contribution is 6.05. The summed E-state index contributed by atoms with van der Waals surface area (Å²) in [5, 5.41) is 10.0. The van der Waals surface area contributed by atoms with Gasteiger partial charge < -0.3 is 9.88 Å². The number of H-pyrrole nitrogens is 1. The van der Waals surface area contributed by atoms with Crippen molar-refractivity contribution in [2.24, 2.45) is 0 Å². The summed E-state index contributed by atoms with van der Waals surface area (Å²) >= 11 is 0. The van der Waals surface area contributed by atoms with Crippen LogP contribution in [-0.4, -0.2) is 56.8 Å². The lowest BCUT2D eigenvalue weighted by atomic mass is 10.00. The Kier molecular flexibility index (Phi) is 5.83. The molecule has 0 bridgehead atoms. The van der Waals surface area contributed by atoms with Crippen LogP contribution in [0.4, 0.5) is 0 Å². The summed E-state index contributed by atoms with van der Waals surface area (Å²) in [5.74, 6) is 0.0316. The minimum atomic E-state index is 0.0316. The SMILES string of the molecule is N#Cc1ccc(CC(c2cnc[nH]2)N2CCN(C(=O)c3cccc4cccnc34)CC2)cc1. The van der Waals surface area contributed by atoms with E-state index >= 15 is 0 Å². The van der Waals surface area contributed by atoms with Gasteiger partial charge >= 0.3 is 0 Å². The van der Waals surface area contributed by atoms with Crippen LogP contribution in [0.2, 0.25) is 0 Å². The molecule has 1 saturated heterocycles. The molecule has 2 aromatic carbocycles. The Labute approximate surface area is 192 Å². The Morgan fingerprint density at radius 1 is 1.06 bits per heavy atom. The molecule has 2 aromatic heterocycles. The molecule has 0 saturated carbocycles. The summed E-state index contributed by atoms with van der Waals surface area (Å²) in [5.41, 5.74) is 4.28. The first kappa shape index (κ1) is 20.9. The van der Waals surface area contributed by atoms with Crippen LogP contribution in [0, 0.1) is 11.3 Å². The number of imidazole rings is 1. The van der Waals surface area contributed by atoms with Gasteiger partial charge in [0, 0.05) is 44.0 Å². The van der Waals surface area contributed by atoms with Gasteiger partial charge in [0.2, 0.25) is 0 Å². The number of amides is 1. The van der Waals surface area contributed by atoms with E-state index in [1.54, 1.807) is 12.5 Å². The Morgan fingerprint density at radius 3 is 2.58 bits per heavy atom. The lowest BCUT2D eigenvalue weighted by Gasteiger charge is -2.39. The molecule has 1 amide bonds. The molecular weight excluding hydrogens is 412 g/mol. The number of nitrogens with zero attached hydrogens (tertiary/aromatic N) is 5. The minimum absolute atomic E-state index is 0.0316. The number of benzene rings is 2. The number of aromatic amines is 1. The first-order valence-corrected chi connectivity index (χ1v) is 11.1. The molecule has 1 aliphatic rings. The molecule has 1 unspecified atom stereocenters. The van der Waals surface area contributed by atoms with Crippen LogP contribution >= 0.6 is 0 Å². The Balaban J connectivity index is 1.31. The zero-order valence-corrected chi connectivity index (χ0v) is 18.2. The summed E-state index contributed by atoms with van der Waals surface area (Å²) in [6.45, 7) is 2.84. The number of carbonyl (C=O) groups excluding carboxylic acids is 1. The van der Waals surface area contributed by atoms with Crippen molar-refractivity contribution < 1.29 is 4.79 Å². The highest BCUT2D eigenvalue weighted by Crippen LogP contribution is 2.26. The number of hydrogen-bond acceptors (Lipinski definition) is 5. The van der Waals surface area contributed by atoms with Crippen molar-refractivity contribution in [2.45, 2.75) is 12.5 Å². The number of nitrogens with one attached hydrogen (secondary N) is 1. The standard InChI is InChI=1S/C26H24N6O/c27-16-20-8-6-19(7-9-20)15-24(23-17-28-18-30-23)31-11-13-32(14-12-31)26(33)22-5-1-3-21-4-2-10-29-25(21)22/h1-10,17-18,24H,11-15H2,(H,28,30). The van der Waals surface area contributed by atoms with Crippen molar-refractivity contribution in [3.63, 3.8) is 0 Å². The Hall–Kier alpha value is -4.02. The van der Waals surface area contributed by atoms with E-state index in [1.165, 1.54) is 0 Å². The molecular formula is C26H24N6O. The second-order valence-corrected chi connectivity index (χ2v) is 8.24. The van der Waals surface area contributed by atoms with Crippen LogP contribution in [0.25, 0.3) is 10.9 Å². The van der Waals surface area contributed by atoms with E-state index in [0.29, 0.717) is 24.2 Å². The molecule has 4 aromatic rings. The fraction of sp³-hybridized carbons (Fsp3) is 0.231. The van der Waals surface area contributed by atoms with Gasteiger partial charge in [0.15, 0.2) is 0 Å². The second-order valence-electron chi connectivity index (χ2n) is 8.24. The molecule has 7 nitrogen and oxygen atoms in total. The van der Waals surface area contributed by atoms with Gasteiger partial charge in [-0.15, -0.1) is 0 Å². The molecule has 7 heteroatoms. The quantitative estimate of drug-likeness (QED) is 0.517. The molecule has 5 rings (SSSR count). The number of fused-ring (bicyclic) bond motifs is 1. The van der Waals surface area contributed by atoms with Crippen molar-refractivity contribution in [1.82, 2.24) is 24.8 Å². The van der Waals surface area contributed by atoms with Gasteiger partial charge in [0.25, 0.3) is 5.91 Å². The van der Waals surface area contributed by atoms with Crippen LogP contribution in [0.15, 0.2) is 73.3 Å². The van der Waals surface area contributed by atoms with E-state index in [0.717, 1.165) is 41.7 Å². The normalized spacial score (nSPS) is 15.3. The van der Waals surface area contributed by atoms with Crippen LogP contribution in [0.5, 0.6) is 0 Å². The molecule has 33 heavy (non-hydrogen) atoms. The number of hydrogen-bond donors (Lipinski definition) is 1. The summed E-state index contributed by atoms with van der Waals surface area (Å²) < 4.78 is 0. The Morgan fingerprint density at radius 2 is 1.85 bits per heavy atom. The van der Waals surface area contributed by atoms with E-state index in [1.807, 2.05) is 65.7 Å². The zero-order valence-electron chi connectivity index (χ0n) is 18.2. The summed E-state index contributed by atoms with van der Waals surface area (Å²) in [6.07, 6.45) is 6.10. The van der Waals surface area contributed by atoms with Crippen LogP contribution in [0.1, 0.15) is 33.2 Å². The number of carbonyl (C=O) groups is 1. The summed E-state index contributed by atoms with van der Waals surface area (Å²) in [4.78, 5) is 29.5. The molecule has 0 aliphatic carbocycles. The predicted octanol–water partition coefficient (Wildman–Crippen LogP) is 3.57. The van der Waals surface area contributed by atoms with E-state index in [4.69, 9.17) is 5.26 Å². The van der Waals surface area contributed by atoms with E-state index in [-0.39, 0.29) is 11.9 Å². The lowest BCUT2D eigenvalue weighted by molar-refractivity contribution is 0.0564. The van der Waals surface area contributed by atoms with Crippen molar-refractivity contribution in [2.75, 3.05) is 26.2 Å².